The highest BCUT2D eigenvalue weighted by Crippen LogP contribution is 2.40. The molecule has 0 aliphatic carbocycles. The summed E-state index contributed by atoms with van der Waals surface area (Å²) in [5, 5.41) is 3.02. The monoisotopic (exact) mass is 327 g/mol. The van der Waals surface area contributed by atoms with Gasteiger partial charge in [0.2, 0.25) is 5.75 Å². The number of methoxy groups -OCH3 is 1. The molecule has 0 saturated heterocycles. The molecule has 1 N–H and O–H groups in total. The van der Waals surface area contributed by atoms with Crippen LogP contribution in [-0.2, 0) is 0 Å². The van der Waals surface area contributed by atoms with Crippen LogP contribution in [0.25, 0.3) is 0 Å². The molecule has 0 fully saturated rings. The van der Waals surface area contributed by atoms with E-state index < -0.39 is 0 Å². The van der Waals surface area contributed by atoms with Crippen molar-refractivity contribution < 1.29 is 19.0 Å². The van der Waals surface area contributed by atoms with E-state index in [9.17, 15) is 4.79 Å². The molecule has 126 valence electrons. The Morgan fingerprint density at radius 1 is 1.21 bits per heavy atom. The van der Waals surface area contributed by atoms with Crippen LogP contribution in [0.3, 0.4) is 0 Å². The van der Waals surface area contributed by atoms with E-state index in [4.69, 9.17) is 14.2 Å². The van der Waals surface area contributed by atoms with Crippen molar-refractivity contribution in [2.45, 2.75) is 19.9 Å². The molecule has 0 bridgehead atoms. The molecule has 0 unspecified atom stereocenters. The first-order valence-corrected chi connectivity index (χ1v) is 7.94. The summed E-state index contributed by atoms with van der Waals surface area (Å²) in [5.74, 6) is 1.41. The van der Waals surface area contributed by atoms with Crippen LogP contribution in [0, 0.1) is 6.92 Å². The van der Waals surface area contributed by atoms with Crippen molar-refractivity contribution in [3.05, 3.63) is 53.1 Å². The molecule has 24 heavy (non-hydrogen) atoms. The maximum atomic E-state index is 12.6. The molecule has 0 aromatic heterocycles. The van der Waals surface area contributed by atoms with E-state index in [1.807, 2.05) is 38.1 Å². The van der Waals surface area contributed by atoms with Gasteiger partial charge in [0.15, 0.2) is 11.5 Å². The molecule has 0 saturated carbocycles. The molecular formula is C19H21NO4. The van der Waals surface area contributed by atoms with Gasteiger partial charge in [0.05, 0.1) is 13.2 Å². The lowest BCUT2D eigenvalue weighted by Crippen LogP contribution is -2.27. The number of nitrogens with one attached hydrogen (secondary N) is 1. The Morgan fingerprint density at radius 2 is 1.96 bits per heavy atom. The average Bonchev–Trinajstić information content (AvgIpc) is 2.60. The topological polar surface area (TPSA) is 56.8 Å². The fraction of sp³-hybridized carbons (Fsp3) is 0.316. The first kappa shape index (κ1) is 16.2. The fourth-order valence-electron chi connectivity index (χ4n) is 2.83. The molecule has 0 spiro atoms. The largest absolute Gasteiger partial charge is 0.493 e. The molecular weight excluding hydrogens is 306 g/mol. The summed E-state index contributed by atoms with van der Waals surface area (Å²) in [6, 6.07) is 11.3. The van der Waals surface area contributed by atoms with Crippen molar-refractivity contribution in [2.75, 3.05) is 20.3 Å². The number of benzene rings is 2. The fourth-order valence-corrected chi connectivity index (χ4v) is 2.83. The first-order valence-electron chi connectivity index (χ1n) is 7.94. The summed E-state index contributed by atoms with van der Waals surface area (Å²) in [6.45, 7) is 4.93. The smallest absolute Gasteiger partial charge is 0.252 e. The van der Waals surface area contributed by atoms with Gasteiger partial charge in [0.25, 0.3) is 5.91 Å². The van der Waals surface area contributed by atoms with Crippen molar-refractivity contribution >= 4 is 5.91 Å². The van der Waals surface area contributed by atoms with Crippen molar-refractivity contribution in [3.8, 4) is 17.2 Å². The average molecular weight is 327 g/mol. The predicted octanol–water partition coefficient (Wildman–Crippen LogP) is 3.27. The molecule has 1 amide bonds. The quantitative estimate of drug-likeness (QED) is 0.936. The van der Waals surface area contributed by atoms with Crippen molar-refractivity contribution in [1.29, 1.82) is 0 Å². The summed E-state index contributed by atoms with van der Waals surface area (Å²) in [6.07, 6.45) is 0. The SMILES string of the molecule is COc1cc(C(=O)N[C@H](C)c2ccccc2C)cc2c1OCCO2. The Labute approximate surface area is 141 Å². The van der Waals surface area contributed by atoms with Gasteiger partial charge in [-0.15, -0.1) is 0 Å². The molecule has 5 nitrogen and oxygen atoms in total. The Hall–Kier alpha value is -2.69. The van der Waals surface area contributed by atoms with Gasteiger partial charge in [0.1, 0.15) is 13.2 Å². The van der Waals surface area contributed by atoms with E-state index in [1.54, 1.807) is 19.2 Å². The maximum Gasteiger partial charge on any atom is 0.252 e. The summed E-state index contributed by atoms with van der Waals surface area (Å²) in [4.78, 5) is 12.6. The van der Waals surface area contributed by atoms with Gasteiger partial charge in [-0.2, -0.15) is 0 Å². The van der Waals surface area contributed by atoms with E-state index in [-0.39, 0.29) is 11.9 Å². The highest BCUT2D eigenvalue weighted by atomic mass is 16.6. The normalized spacial score (nSPS) is 14.0. The second-order valence-corrected chi connectivity index (χ2v) is 5.75. The lowest BCUT2D eigenvalue weighted by Gasteiger charge is -2.22. The zero-order chi connectivity index (χ0) is 17.1. The molecule has 1 heterocycles. The summed E-state index contributed by atoms with van der Waals surface area (Å²) < 4.78 is 16.5. The van der Waals surface area contributed by atoms with Crippen molar-refractivity contribution in [2.24, 2.45) is 0 Å². The Bertz CT molecular complexity index is 740. The van der Waals surface area contributed by atoms with Crippen molar-refractivity contribution in [1.82, 2.24) is 5.32 Å². The molecule has 0 radical (unpaired) electrons. The summed E-state index contributed by atoms with van der Waals surface area (Å²) in [7, 11) is 1.55. The van der Waals surface area contributed by atoms with Crippen LogP contribution in [0.4, 0.5) is 0 Å². The third kappa shape index (κ3) is 3.15. The van der Waals surface area contributed by atoms with Crippen LogP contribution in [-0.4, -0.2) is 26.2 Å². The standard InChI is InChI=1S/C19H21NO4/c1-12-6-4-5-7-15(12)13(2)20-19(21)14-10-16(22-3)18-17(11-14)23-8-9-24-18/h4-7,10-11,13H,8-9H2,1-3H3,(H,20,21)/t13-/m1/s1. The number of carbonyl (C=O) groups is 1. The number of ether oxygens (including phenoxy) is 3. The minimum atomic E-state index is -0.180. The minimum Gasteiger partial charge on any atom is -0.493 e. The van der Waals surface area contributed by atoms with Gasteiger partial charge in [-0.3, -0.25) is 4.79 Å². The first-order chi connectivity index (χ1) is 11.6. The molecule has 5 heteroatoms. The Morgan fingerprint density at radius 3 is 2.71 bits per heavy atom. The van der Waals surface area contributed by atoms with Gasteiger partial charge in [-0.1, -0.05) is 24.3 Å². The number of hydrogen-bond acceptors (Lipinski definition) is 4. The molecule has 3 rings (SSSR count). The second kappa shape index (κ2) is 6.83. The van der Waals surface area contributed by atoms with E-state index >= 15 is 0 Å². The van der Waals surface area contributed by atoms with Crippen LogP contribution < -0.4 is 19.5 Å². The van der Waals surface area contributed by atoms with Crippen LogP contribution in [0.5, 0.6) is 17.2 Å². The molecule has 2 aromatic carbocycles. The zero-order valence-corrected chi connectivity index (χ0v) is 14.1. The number of carbonyl (C=O) groups excluding carboxylic acids is 1. The second-order valence-electron chi connectivity index (χ2n) is 5.75. The molecule has 2 aromatic rings. The third-order valence-corrected chi connectivity index (χ3v) is 4.09. The van der Waals surface area contributed by atoms with E-state index in [2.05, 4.69) is 5.32 Å². The highest BCUT2D eigenvalue weighted by molar-refractivity contribution is 5.96. The molecule has 1 atom stereocenters. The van der Waals surface area contributed by atoms with Gasteiger partial charge >= 0.3 is 0 Å². The number of amides is 1. The lowest BCUT2D eigenvalue weighted by atomic mass is 10.0. The molecule has 1 aliphatic heterocycles. The predicted molar refractivity (Wildman–Crippen MR) is 91.0 cm³/mol. The summed E-state index contributed by atoms with van der Waals surface area (Å²) in [5.41, 5.74) is 2.72. The lowest BCUT2D eigenvalue weighted by molar-refractivity contribution is 0.0938. The highest BCUT2D eigenvalue weighted by Gasteiger charge is 2.22. The van der Waals surface area contributed by atoms with Gasteiger partial charge in [-0.05, 0) is 37.1 Å². The van der Waals surface area contributed by atoms with E-state index in [1.165, 1.54) is 0 Å². The minimum absolute atomic E-state index is 0.0992. The van der Waals surface area contributed by atoms with Crippen LogP contribution in [0.2, 0.25) is 0 Å². The van der Waals surface area contributed by atoms with Gasteiger partial charge in [0, 0.05) is 5.56 Å². The zero-order valence-electron chi connectivity index (χ0n) is 14.1. The Balaban J connectivity index is 1.84. The van der Waals surface area contributed by atoms with Gasteiger partial charge < -0.3 is 19.5 Å². The third-order valence-electron chi connectivity index (χ3n) is 4.09. The molecule has 1 aliphatic rings. The Kier molecular flexibility index (Phi) is 4.60. The van der Waals surface area contributed by atoms with Gasteiger partial charge in [-0.25, -0.2) is 0 Å². The van der Waals surface area contributed by atoms with Crippen LogP contribution in [0.1, 0.15) is 34.5 Å². The maximum absolute atomic E-state index is 12.6. The summed E-state index contributed by atoms with van der Waals surface area (Å²) >= 11 is 0. The van der Waals surface area contributed by atoms with Crippen molar-refractivity contribution in [3.63, 3.8) is 0 Å². The van der Waals surface area contributed by atoms with Crippen LogP contribution in [0.15, 0.2) is 36.4 Å². The number of rotatable bonds is 4. The van der Waals surface area contributed by atoms with Crippen LogP contribution >= 0.6 is 0 Å². The van der Waals surface area contributed by atoms with E-state index in [0.717, 1.165) is 11.1 Å². The number of hydrogen-bond donors (Lipinski definition) is 1. The number of aryl methyl sites for hydroxylation is 1. The van der Waals surface area contributed by atoms with E-state index in [0.29, 0.717) is 36.0 Å². The number of fused-ring (bicyclic) bond motifs is 1.